The Morgan fingerprint density at radius 2 is 1.90 bits per heavy atom. The average Bonchev–Trinajstić information content (AvgIpc) is 3.20. The lowest BCUT2D eigenvalue weighted by molar-refractivity contribution is -0.133. The number of benzene rings is 1. The van der Waals surface area contributed by atoms with Gasteiger partial charge in [0.15, 0.2) is 0 Å². The summed E-state index contributed by atoms with van der Waals surface area (Å²) in [6.45, 7) is 2.75. The molecule has 0 aliphatic carbocycles. The molecule has 1 heterocycles. The third-order valence-corrected chi connectivity index (χ3v) is 6.04. The van der Waals surface area contributed by atoms with Crippen LogP contribution in [0.3, 0.4) is 0 Å². The second kappa shape index (κ2) is 11.0. The summed E-state index contributed by atoms with van der Waals surface area (Å²) in [5, 5.41) is 4.47. The van der Waals surface area contributed by atoms with Gasteiger partial charge in [-0.05, 0) is 30.4 Å². The van der Waals surface area contributed by atoms with Crippen LogP contribution in [0.5, 0.6) is 0 Å². The molecule has 2 aromatic rings. The normalized spacial score (nSPS) is 12.2. The molecule has 1 aromatic heterocycles. The minimum Gasteiger partial charge on any atom is -0.445 e. The van der Waals surface area contributed by atoms with E-state index in [1.807, 2.05) is 54.8 Å². The topological polar surface area (TPSA) is 92.8 Å². The van der Waals surface area contributed by atoms with Crippen molar-refractivity contribution in [3.8, 4) is 0 Å². The first kappa shape index (κ1) is 22.9. The molecule has 0 saturated carbocycles. The van der Waals surface area contributed by atoms with Crippen LogP contribution in [0.4, 0.5) is 4.79 Å². The third kappa shape index (κ3) is 8.25. The van der Waals surface area contributed by atoms with Gasteiger partial charge in [0.25, 0.3) is 0 Å². The summed E-state index contributed by atoms with van der Waals surface area (Å²) < 4.78 is 28.4. The zero-order valence-corrected chi connectivity index (χ0v) is 18.2. The summed E-state index contributed by atoms with van der Waals surface area (Å²) >= 11 is 1.53. The van der Waals surface area contributed by atoms with E-state index in [9.17, 15) is 18.0 Å². The first-order valence-corrected chi connectivity index (χ1v) is 12.2. The molecule has 2 rings (SSSR count). The molecule has 0 aliphatic rings. The van der Waals surface area contributed by atoms with E-state index in [2.05, 4.69) is 5.32 Å². The van der Waals surface area contributed by atoms with Gasteiger partial charge in [0, 0.05) is 17.7 Å². The van der Waals surface area contributed by atoms with Gasteiger partial charge < -0.3 is 15.0 Å². The van der Waals surface area contributed by atoms with Gasteiger partial charge >= 0.3 is 6.09 Å². The number of carbonyl (C=O) groups excluding carboxylic acids is 2. The molecule has 29 heavy (non-hydrogen) atoms. The Bertz CT molecular complexity index is 883. The summed E-state index contributed by atoms with van der Waals surface area (Å²) in [6, 6.07) is 12.0. The maximum Gasteiger partial charge on any atom is 0.408 e. The van der Waals surface area contributed by atoms with Gasteiger partial charge in [0.2, 0.25) is 5.91 Å². The van der Waals surface area contributed by atoms with E-state index < -0.39 is 22.0 Å². The number of amides is 2. The van der Waals surface area contributed by atoms with E-state index in [0.29, 0.717) is 13.1 Å². The van der Waals surface area contributed by atoms with Crippen molar-refractivity contribution in [3.05, 3.63) is 58.3 Å². The second-order valence-electron chi connectivity index (χ2n) is 6.61. The van der Waals surface area contributed by atoms with Crippen LogP contribution < -0.4 is 5.32 Å². The van der Waals surface area contributed by atoms with Crippen molar-refractivity contribution in [2.45, 2.75) is 32.5 Å². The van der Waals surface area contributed by atoms with Crippen molar-refractivity contribution in [1.29, 1.82) is 0 Å². The average molecular weight is 439 g/mol. The van der Waals surface area contributed by atoms with Gasteiger partial charge in [-0.1, -0.05) is 36.4 Å². The Morgan fingerprint density at radius 3 is 2.48 bits per heavy atom. The van der Waals surface area contributed by atoms with Crippen LogP contribution in [0.2, 0.25) is 0 Å². The third-order valence-electron chi connectivity index (χ3n) is 4.20. The number of alkyl carbamates (subject to hydrolysis) is 1. The molecule has 158 valence electrons. The molecule has 7 nitrogen and oxygen atoms in total. The minimum absolute atomic E-state index is 0.0148. The number of likely N-dealkylation sites (N-methyl/N-ethyl adjacent to an activating group) is 1. The molecule has 1 aromatic carbocycles. The van der Waals surface area contributed by atoms with E-state index in [4.69, 9.17) is 4.74 Å². The van der Waals surface area contributed by atoms with Crippen molar-refractivity contribution in [2.24, 2.45) is 0 Å². The number of nitrogens with one attached hydrogen (secondary N) is 1. The van der Waals surface area contributed by atoms with Gasteiger partial charge in [-0.3, -0.25) is 4.79 Å². The van der Waals surface area contributed by atoms with E-state index in [1.165, 1.54) is 11.3 Å². The van der Waals surface area contributed by atoms with E-state index in [-0.39, 0.29) is 24.7 Å². The molecule has 0 aliphatic heterocycles. The number of nitrogens with zero attached hydrogens (tertiary/aromatic N) is 1. The number of hydrogen-bond acceptors (Lipinski definition) is 6. The highest BCUT2D eigenvalue weighted by Crippen LogP contribution is 2.14. The number of rotatable bonds is 10. The van der Waals surface area contributed by atoms with Crippen molar-refractivity contribution in [3.63, 3.8) is 0 Å². The first-order valence-electron chi connectivity index (χ1n) is 9.24. The Balaban J connectivity index is 2.03. The maximum absolute atomic E-state index is 13.0. The lowest BCUT2D eigenvalue weighted by Gasteiger charge is -2.26. The number of sulfone groups is 1. The number of thiophene rings is 1. The summed E-state index contributed by atoms with van der Waals surface area (Å²) in [7, 11) is -3.29. The molecule has 0 radical (unpaired) electrons. The lowest BCUT2D eigenvalue weighted by atomic mass is 10.2. The zero-order valence-electron chi connectivity index (χ0n) is 16.5. The van der Waals surface area contributed by atoms with Crippen molar-refractivity contribution in [2.75, 3.05) is 18.6 Å². The molecular weight excluding hydrogens is 412 g/mol. The number of hydrogen-bond donors (Lipinski definition) is 1. The quantitative estimate of drug-likeness (QED) is 0.616. The van der Waals surface area contributed by atoms with Crippen LogP contribution in [-0.2, 0) is 32.5 Å². The lowest BCUT2D eigenvalue weighted by Crippen LogP contribution is -2.49. The van der Waals surface area contributed by atoms with Crippen molar-refractivity contribution < 1.29 is 22.7 Å². The van der Waals surface area contributed by atoms with Crippen LogP contribution >= 0.6 is 11.3 Å². The summed E-state index contributed by atoms with van der Waals surface area (Å²) in [4.78, 5) is 27.8. The van der Waals surface area contributed by atoms with Gasteiger partial charge in [0.05, 0.1) is 12.3 Å². The molecule has 2 amide bonds. The fraction of sp³-hybridized carbons (Fsp3) is 0.400. The monoisotopic (exact) mass is 438 g/mol. The van der Waals surface area contributed by atoms with Crippen LogP contribution in [0.1, 0.15) is 23.8 Å². The van der Waals surface area contributed by atoms with Crippen LogP contribution in [0.15, 0.2) is 47.8 Å². The molecule has 0 saturated heterocycles. The second-order valence-corrected chi connectivity index (χ2v) is 9.90. The van der Waals surface area contributed by atoms with Crippen LogP contribution in [0.25, 0.3) is 0 Å². The van der Waals surface area contributed by atoms with Gasteiger partial charge in [-0.15, -0.1) is 11.3 Å². The Hall–Kier alpha value is -2.39. The molecular formula is C20H26N2O5S2. The fourth-order valence-electron chi connectivity index (χ4n) is 2.65. The van der Waals surface area contributed by atoms with Crippen LogP contribution in [0, 0.1) is 0 Å². The fourth-order valence-corrected chi connectivity index (χ4v) is 4.04. The molecule has 0 bridgehead atoms. The molecule has 1 unspecified atom stereocenters. The largest absolute Gasteiger partial charge is 0.445 e. The van der Waals surface area contributed by atoms with Crippen molar-refractivity contribution >= 4 is 33.2 Å². The highest BCUT2D eigenvalue weighted by atomic mass is 32.2. The number of carbonyl (C=O) groups is 2. The smallest absolute Gasteiger partial charge is 0.408 e. The van der Waals surface area contributed by atoms with Crippen molar-refractivity contribution in [1.82, 2.24) is 10.2 Å². The molecule has 0 spiro atoms. The molecule has 1 atom stereocenters. The Morgan fingerprint density at radius 1 is 1.17 bits per heavy atom. The molecule has 9 heteroatoms. The Labute approximate surface area is 175 Å². The van der Waals surface area contributed by atoms with E-state index in [1.54, 1.807) is 4.90 Å². The van der Waals surface area contributed by atoms with Gasteiger partial charge in [0.1, 0.15) is 22.5 Å². The SMILES string of the molecule is CCN(Cc1cccs1)C(=O)C(CCS(C)(=O)=O)NC(=O)OCc1ccccc1. The van der Waals surface area contributed by atoms with E-state index >= 15 is 0 Å². The van der Waals surface area contributed by atoms with Crippen LogP contribution in [-0.4, -0.2) is 49.9 Å². The predicted octanol–water partition coefficient (Wildman–Crippen LogP) is 2.83. The zero-order chi connectivity index (χ0) is 21.3. The summed E-state index contributed by atoms with van der Waals surface area (Å²) in [6.07, 6.45) is 0.331. The first-order chi connectivity index (χ1) is 13.8. The maximum atomic E-state index is 13.0. The summed E-state index contributed by atoms with van der Waals surface area (Å²) in [5.74, 6) is -0.542. The highest BCUT2D eigenvalue weighted by Gasteiger charge is 2.27. The van der Waals surface area contributed by atoms with E-state index in [0.717, 1.165) is 16.7 Å². The van der Waals surface area contributed by atoms with Gasteiger partial charge in [-0.25, -0.2) is 13.2 Å². The standard InChI is InChI=1S/C20H26N2O5S2/c1-3-22(14-17-10-7-12-28-17)19(23)18(11-13-29(2,25)26)21-20(24)27-15-16-8-5-4-6-9-16/h4-10,12,18H,3,11,13-15H2,1-2H3,(H,21,24). The predicted molar refractivity (Wildman–Crippen MR) is 113 cm³/mol. The summed E-state index contributed by atoms with van der Waals surface area (Å²) in [5.41, 5.74) is 0.814. The number of ether oxygens (including phenoxy) is 1. The Kier molecular flexibility index (Phi) is 8.66. The highest BCUT2D eigenvalue weighted by molar-refractivity contribution is 7.90. The minimum atomic E-state index is -3.29. The van der Waals surface area contributed by atoms with Gasteiger partial charge in [-0.2, -0.15) is 0 Å². The molecule has 0 fully saturated rings. The molecule has 1 N–H and O–H groups in total.